The number of carboxylic acids is 1. The van der Waals surface area contributed by atoms with E-state index in [1.54, 1.807) is 21.1 Å². The van der Waals surface area contributed by atoms with E-state index in [2.05, 4.69) is 62.5 Å². The summed E-state index contributed by atoms with van der Waals surface area (Å²) in [6, 6.07) is -0.729. The van der Waals surface area contributed by atoms with Crippen molar-refractivity contribution in [1.82, 2.24) is 0 Å². The van der Waals surface area contributed by atoms with Crippen molar-refractivity contribution in [3.05, 3.63) is 48.6 Å². The molecule has 0 rings (SSSR count). The third-order valence-electron chi connectivity index (χ3n) is 9.95. The Kier molecular flexibility index (Phi) is 37.2. The Hall–Kier alpha value is -2.71. The van der Waals surface area contributed by atoms with Gasteiger partial charge in [-0.1, -0.05) is 146 Å². The second-order valence-corrected chi connectivity index (χ2v) is 16.3. The Balaban J connectivity index is 4.36. The molecule has 2 unspecified atom stereocenters. The summed E-state index contributed by atoms with van der Waals surface area (Å²) in [7, 11) is 5.40. The fourth-order valence-electron chi connectivity index (χ4n) is 6.43. The van der Waals surface area contributed by atoms with Gasteiger partial charge in [0.05, 0.1) is 40.3 Å². The highest BCUT2D eigenvalue weighted by Crippen LogP contribution is 2.14. The van der Waals surface area contributed by atoms with Crippen LogP contribution in [0.15, 0.2) is 48.6 Å². The first-order chi connectivity index (χ1) is 27.1. The first-order valence-corrected chi connectivity index (χ1v) is 22.7. The highest BCUT2D eigenvalue weighted by atomic mass is 16.6. The first kappa shape index (κ1) is 53.3. The molecular formula is C48H85NO7. The second-order valence-electron chi connectivity index (χ2n) is 16.3. The summed E-state index contributed by atoms with van der Waals surface area (Å²) in [6.07, 6.45) is 45.6. The number of carboxylic acid groups (broad SMARTS) is 1. The highest BCUT2D eigenvalue weighted by molar-refractivity contribution is 5.70. The van der Waals surface area contributed by atoms with Crippen molar-refractivity contribution >= 4 is 17.9 Å². The van der Waals surface area contributed by atoms with Crippen LogP contribution < -0.4 is 5.11 Å². The summed E-state index contributed by atoms with van der Waals surface area (Å²) in [5.74, 6) is -1.76. The van der Waals surface area contributed by atoms with E-state index in [0.29, 0.717) is 12.8 Å². The Morgan fingerprint density at radius 1 is 0.554 bits per heavy atom. The molecule has 0 amide bonds. The standard InChI is InChI=1S/C48H85NO7/c1-6-8-10-12-14-16-18-20-22-24-26-28-30-32-34-36-38-46(50)55-43-44(42-54-41-40-45(48(52)53)49(3,4)5)56-47(51)39-37-35-33-31-29-27-25-23-21-19-17-15-13-11-9-7-2/h8,10,14,16,20,22-23,25,44-45H,6-7,9,11-13,15,17-19,21,24,26-43H2,1-5H3/b10-8+,16-14+,22-20+,25-23+. The molecule has 8 nitrogen and oxygen atoms in total. The third kappa shape index (κ3) is 36.9. The van der Waals surface area contributed by atoms with Crippen LogP contribution in [0.3, 0.4) is 0 Å². The molecule has 0 saturated carbocycles. The largest absolute Gasteiger partial charge is 0.544 e. The molecule has 0 saturated heterocycles. The van der Waals surface area contributed by atoms with Crippen LogP contribution in [-0.2, 0) is 28.6 Å². The molecular weight excluding hydrogens is 703 g/mol. The number of hydrogen-bond donors (Lipinski definition) is 0. The van der Waals surface area contributed by atoms with E-state index >= 15 is 0 Å². The lowest BCUT2D eigenvalue weighted by atomic mass is 10.1. The van der Waals surface area contributed by atoms with Crippen molar-refractivity contribution in [2.75, 3.05) is 41.0 Å². The van der Waals surface area contributed by atoms with Crippen molar-refractivity contribution in [3.63, 3.8) is 0 Å². The second kappa shape index (κ2) is 39.1. The molecule has 2 atom stereocenters. The van der Waals surface area contributed by atoms with Crippen LogP contribution >= 0.6 is 0 Å². The van der Waals surface area contributed by atoms with E-state index < -0.39 is 18.1 Å². The average molecular weight is 788 g/mol. The normalized spacial score (nSPS) is 13.4. The van der Waals surface area contributed by atoms with Crippen molar-refractivity contribution in [2.45, 2.75) is 199 Å². The predicted molar refractivity (Wildman–Crippen MR) is 231 cm³/mol. The number of rotatable bonds is 40. The van der Waals surface area contributed by atoms with E-state index in [1.807, 2.05) is 0 Å². The van der Waals surface area contributed by atoms with Gasteiger partial charge >= 0.3 is 11.9 Å². The van der Waals surface area contributed by atoms with Crippen LogP contribution in [0.5, 0.6) is 0 Å². The molecule has 0 aromatic heterocycles. The molecule has 0 aromatic carbocycles. The molecule has 0 heterocycles. The number of esters is 2. The van der Waals surface area contributed by atoms with Crippen LogP contribution in [0, 0.1) is 0 Å². The molecule has 8 heteroatoms. The molecule has 0 fully saturated rings. The third-order valence-corrected chi connectivity index (χ3v) is 9.95. The monoisotopic (exact) mass is 788 g/mol. The minimum Gasteiger partial charge on any atom is -0.544 e. The summed E-state index contributed by atoms with van der Waals surface area (Å²) in [6.45, 7) is 4.53. The summed E-state index contributed by atoms with van der Waals surface area (Å²) in [4.78, 5) is 36.9. The molecule has 0 N–H and O–H groups in total. The number of ether oxygens (including phenoxy) is 3. The lowest BCUT2D eigenvalue weighted by Crippen LogP contribution is -2.55. The minimum atomic E-state index is -1.13. The van der Waals surface area contributed by atoms with Gasteiger partial charge in [-0.2, -0.15) is 0 Å². The molecule has 0 spiro atoms. The van der Waals surface area contributed by atoms with Gasteiger partial charge < -0.3 is 28.6 Å². The summed E-state index contributed by atoms with van der Waals surface area (Å²) >= 11 is 0. The van der Waals surface area contributed by atoms with Crippen LogP contribution in [0.4, 0.5) is 0 Å². The van der Waals surface area contributed by atoms with Gasteiger partial charge in [0.15, 0.2) is 6.10 Å². The SMILES string of the molecule is CC/C=C/C/C=C/C/C=C/CCCCCCCCC(=O)OCC(COCCC(C(=O)[O-])[N+](C)(C)C)OC(=O)CCCCCCC/C=C/CCCCCCCCC. The van der Waals surface area contributed by atoms with Crippen LogP contribution in [0.25, 0.3) is 0 Å². The van der Waals surface area contributed by atoms with Gasteiger partial charge in [0.1, 0.15) is 12.6 Å². The fourth-order valence-corrected chi connectivity index (χ4v) is 6.43. The molecule has 324 valence electrons. The van der Waals surface area contributed by atoms with E-state index in [4.69, 9.17) is 14.2 Å². The van der Waals surface area contributed by atoms with Crippen molar-refractivity contribution in [2.24, 2.45) is 0 Å². The number of aliphatic carboxylic acids is 1. The summed E-state index contributed by atoms with van der Waals surface area (Å²) in [5, 5.41) is 11.6. The van der Waals surface area contributed by atoms with Gasteiger partial charge in [-0.25, -0.2) is 0 Å². The minimum absolute atomic E-state index is 0.0327. The molecule has 0 radical (unpaired) electrons. The van der Waals surface area contributed by atoms with Crippen LogP contribution in [0.1, 0.15) is 187 Å². The zero-order valence-corrected chi connectivity index (χ0v) is 36.8. The average Bonchev–Trinajstić information content (AvgIpc) is 3.15. The predicted octanol–water partition coefficient (Wildman–Crippen LogP) is 11.1. The maximum absolute atomic E-state index is 12.7. The van der Waals surface area contributed by atoms with E-state index in [9.17, 15) is 19.5 Å². The zero-order chi connectivity index (χ0) is 41.4. The number of unbranched alkanes of at least 4 members (excludes halogenated alkanes) is 18. The first-order valence-electron chi connectivity index (χ1n) is 22.7. The zero-order valence-electron chi connectivity index (χ0n) is 36.8. The fraction of sp³-hybridized carbons (Fsp3) is 0.771. The van der Waals surface area contributed by atoms with Crippen LogP contribution in [-0.4, -0.2) is 75.5 Å². The summed E-state index contributed by atoms with van der Waals surface area (Å²) in [5.41, 5.74) is 0. The quantitative estimate of drug-likeness (QED) is 0.0264. The van der Waals surface area contributed by atoms with Gasteiger partial charge in [-0.3, -0.25) is 9.59 Å². The number of hydrogen-bond acceptors (Lipinski definition) is 7. The van der Waals surface area contributed by atoms with Gasteiger partial charge in [-0.05, 0) is 70.6 Å². The van der Waals surface area contributed by atoms with E-state index in [0.717, 1.165) is 83.5 Å². The van der Waals surface area contributed by atoms with E-state index in [-0.39, 0.29) is 42.7 Å². The Labute approximate surface area is 344 Å². The number of allylic oxidation sites excluding steroid dienone is 8. The topological polar surface area (TPSA) is 102 Å². The number of likely N-dealkylation sites (N-methyl/N-ethyl adjacent to an activating group) is 1. The number of quaternary nitrogens is 1. The maximum Gasteiger partial charge on any atom is 0.306 e. The number of carbonyl (C=O) groups excluding carboxylic acids is 3. The molecule has 0 bridgehead atoms. The van der Waals surface area contributed by atoms with Gasteiger partial charge in [0.2, 0.25) is 0 Å². The van der Waals surface area contributed by atoms with Crippen molar-refractivity contribution in [3.8, 4) is 0 Å². The smallest absolute Gasteiger partial charge is 0.306 e. The lowest BCUT2D eigenvalue weighted by molar-refractivity contribution is -0.889. The van der Waals surface area contributed by atoms with Crippen molar-refractivity contribution < 1.29 is 38.2 Å². The van der Waals surface area contributed by atoms with Gasteiger partial charge in [-0.15, -0.1) is 0 Å². The van der Waals surface area contributed by atoms with Gasteiger partial charge in [0, 0.05) is 19.3 Å². The Morgan fingerprint density at radius 2 is 1.00 bits per heavy atom. The Bertz CT molecular complexity index is 1060. The molecule has 56 heavy (non-hydrogen) atoms. The molecule has 0 aliphatic heterocycles. The number of nitrogens with zero attached hydrogens (tertiary/aromatic N) is 1. The lowest BCUT2D eigenvalue weighted by Gasteiger charge is -2.34. The van der Waals surface area contributed by atoms with E-state index in [1.165, 1.54) is 70.6 Å². The molecule has 0 aliphatic carbocycles. The van der Waals surface area contributed by atoms with Crippen molar-refractivity contribution in [1.29, 1.82) is 0 Å². The number of carbonyl (C=O) groups is 3. The van der Waals surface area contributed by atoms with Gasteiger partial charge in [0.25, 0.3) is 0 Å². The molecule has 0 aliphatic rings. The highest BCUT2D eigenvalue weighted by Gasteiger charge is 2.25. The Morgan fingerprint density at radius 3 is 1.50 bits per heavy atom. The summed E-state index contributed by atoms with van der Waals surface area (Å²) < 4.78 is 17.2. The maximum atomic E-state index is 12.7. The van der Waals surface area contributed by atoms with Crippen LogP contribution in [0.2, 0.25) is 0 Å². The molecule has 0 aromatic rings.